The lowest BCUT2D eigenvalue weighted by Gasteiger charge is -2.18. The van der Waals surface area contributed by atoms with Crippen molar-refractivity contribution in [2.75, 3.05) is 0 Å². The zero-order valence-corrected chi connectivity index (χ0v) is 7.46. The van der Waals surface area contributed by atoms with Crippen molar-refractivity contribution in [3.8, 4) is 0 Å². The molecule has 0 N–H and O–H groups in total. The number of aryl methyl sites for hydroxylation is 1. The van der Waals surface area contributed by atoms with Crippen LogP contribution < -0.4 is 5.69 Å². The third-order valence-electron chi connectivity index (χ3n) is 1.67. The molecule has 0 atom stereocenters. The smallest absolute Gasteiger partial charge is 0.302 e. The minimum absolute atomic E-state index is 0.0394. The normalized spacial score (nSPS) is 12.0. The van der Waals surface area contributed by atoms with Crippen molar-refractivity contribution in [2.45, 2.75) is 26.3 Å². The van der Waals surface area contributed by atoms with Crippen LogP contribution in [-0.2, 0) is 12.6 Å². The first kappa shape index (κ1) is 8.11. The highest BCUT2D eigenvalue weighted by Gasteiger charge is 2.14. The predicted octanol–water partition coefficient (Wildman–Crippen LogP) is 0.942. The van der Waals surface area contributed by atoms with E-state index in [1.54, 1.807) is 22.4 Å². The summed E-state index contributed by atoms with van der Waals surface area (Å²) in [5.41, 5.74) is -0.0734. The SMILES string of the molecule is Cn1ccn(C(C)(C)C)c1=O. The van der Waals surface area contributed by atoms with E-state index in [1.165, 1.54) is 0 Å². The molecule has 0 amide bonds. The molecule has 0 spiro atoms. The highest BCUT2D eigenvalue weighted by molar-refractivity contribution is 4.86. The van der Waals surface area contributed by atoms with E-state index in [4.69, 9.17) is 0 Å². The third-order valence-corrected chi connectivity index (χ3v) is 1.67. The molecule has 0 saturated heterocycles. The number of hydrogen-bond acceptors (Lipinski definition) is 1. The Morgan fingerprint density at radius 3 is 2.00 bits per heavy atom. The molecule has 1 heterocycles. The summed E-state index contributed by atoms with van der Waals surface area (Å²) in [5, 5.41) is 0. The Balaban J connectivity index is 3.27. The molecule has 0 aliphatic carbocycles. The molecular formula is C8H14N2O. The van der Waals surface area contributed by atoms with Crippen molar-refractivity contribution >= 4 is 0 Å². The highest BCUT2D eigenvalue weighted by Crippen LogP contribution is 2.09. The van der Waals surface area contributed by atoms with Gasteiger partial charge in [-0.05, 0) is 20.8 Å². The van der Waals surface area contributed by atoms with Crippen LogP contribution in [0, 0.1) is 0 Å². The summed E-state index contributed by atoms with van der Waals surface area (Å²) >= 11 is 0. The average molecular weight is 154 g/mol. The first-order valence-corrected chi connectivity index (χ1v) is 3.67. The van der Waals surface area contributed by atoms with Crippen molar-refractivity contribution in [3.05, 3.63) is 22.9 Å². The van der Waals surface area contributed by atoms with Crippen molar-refractivity contribution in [2.24, 2.45) is 7.05 Å². The van der Waals surface area contributed by atoms with Crippen molar-refractivity contribution in [1.82, 2.24) is 9.13 Å². The lowest BCUT2D eigenvalue weighted by molar-refractivity contribution is 0.381. The maximum Gasteiger partial charge on any atom is 0.328 e. The van der Waals surface area contributed by atoms with E-state index in [0.717, 1.165) is 0 Å². The van der Waals surface area contributed by atoms with Crippen molar-refractivity contribution in [1.29, 1.82) is 0 Å². The highest BCUT2D eigenvalue weighted by atomic mass is 16.1. The van der Waals surface area contributed by atoms with Crippen LogP contribution >= 0.6 is 0 Å². The Morgan fingerprint density at radius 1 is 1.27 bits per heavy atom. The summed E-state index contributed by atoms with van der Waals surface area (Å²) in [6.07, 6.45) is 3.58. The summed E-state index contributed by atoms with van der Waals surface area (Å²) in [4.78, 5) is 11.3. The van der Waals surface area contributed by atoms with E-state index in [-0.39, 0.29) is 11.2 Å². The van der Waals surface area contributed by atoms with Crippen LogP contribution in [0.5, 0.6) is 0 Å². The molecule has 0 unspecified atom stereocenters. The molecule has 3 nitrogen and oxygen atoms in total. The fourth-order valence-corrected chi connectivity index (χ4v) is 0.975. The van der Waals surface area contributed by atoms with Gasteiger partial charge in [-0.15, -0.1) is 0 Å². The van der Waals surface area contributed by atoms with Crippen molar-refractivity contribution < 1.29 is 0 Å². The van der Waals surface area contributed by atoms with Crippen LogP contribution in [0.25, 0.3) is 0 Å². The zero-order chi connectivity index (χ0) is 8.65. The van der Waals surface area contributed by atoms with E-state index in [9.17, 15) is 4.79 Å². The van der Waals surface area contributed by atoms with Gasteiger partial charge >= 0.3 is 5.69 Å². The van der Waals surface area contributed by atoms with E-state index in [2.05, 4.69) is 0 Å². The molecule has 0 aliphatic heterocycles. The molecule has 1 aromatic heterocycles. The van der Waals surface area contributed by atoms with E-state index >= 15 is 0 Å². The Labute approximate surface area is 66.3 Å². The van der Waals surface area contributed by atoms with Crippen LogP contribution in [0.15, 0.2) is 17.2 Å². The Kier molecular flexibility index (Phi) is 1.66. The minimum atomic E-state index is -0.113. The first-order valence-electron chi connectivity index (χ1n) is 3.67. The molecular weight excluding hydrogens is 140 g/mol. The third kappa shape index (κ3) is 1.37. The summed E-state index contributed by atoms with van der Waals surface area (Å²) < 4.78 is 3.29. The van der Waals surface area contributed by atoms with E-state index in [1.807, 2.05) is 27.0 Å². The summed E-state index contributed by atoms with van der Waals surface area (Å²) in [6, 6.07) is 0. The number of imidazole rings is 1. The van der Waals surface area contributed by atoms with Gasteiger partial charge < -0.3 is 4.57 Å². The molecule has 62 valence electrons. The number of rotatable bonds is 0. The number of nitrogens with zero attached hydrogens (tertiary/aromatic N) is 2. The molecule has 0 aliphatic rings. The van der Waals surface area contributed by atoms with Gasteiger partial charge in [0.25, 0.3) is 0 Å². The Hall–Kier alpha value is -0.990. The van der Waals surface area contributed by atoms with Gasteiger partial charge in [0.15, 0.2) is 0 Å². The number of hydrogen-bond donors (Lipinski definition) is 0. The summed E-state index contributed by atoms with van der Waals surface area (Å²) in [5.74, 6) is 0. The van der Waals surface area contributed by atoms with Crippen LogP contribution in [0.1, 0.15) is 20.8 Å². The quantitative estimate of drug-likeness (QED) is 0.546. The molecule has 0 bridgehead atoms. The van der Waals surface area contributed by atoms with Crippen LogP contribution in [0.3, 0.4) is 0 Å². The van der Waals surface area contributed by atoms with Crippen molar-refractivity contribution in [3.63, 3.8) is 0 Å². The van der Waals surface area contributed by atoms with Crippen LogP contribution in [-0.4, -0.2) is 9.13 Å². The molecule has 0 fully saturated rings. The lowest BCUT2D eigenvalue weighted by atomic mass is 10.1. The van der Waals surface area contributed by atoms with Crippen LogP contribution in [0.4, 0.5) is 0 Å². The molecule has 3 heteroatoms. The Morgan fingerprint density at radius 2 is 1.82 bits per heavy atom. The van der Waals surface area contributed by atoms with Gasteiger partial charge in [-0.25, -0.2) is 4.79 Å². The monoisotopic (exact) mass is 154 g/mol. The lowest BCUT2D eigenvalue weighted by Crippen LogP contribution is -2.33. The minimum Gasteiger partial charge on any atom is -0.302 e. The summed E-state index contributed by atoms with van der Waals surface area (Å²) in [7, 11) is 1.75. The van der Waals surface area contributed by atoms with Gasteiger partial charge in [0, 0.05) is 25.0 Å². The first-order chi connectivity index (χ1) is 4.93. The molecule has 0 radical (unpaired) electrons. The van der Waals surface area contributed by atoms with Gasteiger partial charge in [0.05, 0.1) is 0 Å². The summed E-state index contributed by atoms with van der Waals surface area (Å²) in [6.45, 7) is 6.02. The largest absolute Gasteiger partial charge is 0.328 e. The topological polar surface area (TPSA) is 26.9 Å². The average Bonchev–Trinajstić information content (AvgIpc) is 2.11. The molecule has 0 aromatic carbocycles. The van der Waals surface area contributed by atoms with E-state index < -0.39 is 0 Å². The molecule has 1 rings (SSSR count). The van der Waals surface area contributed by atoms with Gasteiger partial charge in [-0.2, -0.15) is 0 Å². The Bertz CT molecular complexity index is 301. The standard InChI is InChI=1S/C8H14N2O/c1-8(2,3)10-6-5-9(4)7(10)11/h5-6H,1-4H3. The molecule has 0 saturated carbocycles. The second kappa shape index (κ2) is 2.26. The fourth-order valence-electron chi connectivity index (χ4n) is 0.975. The molecule has 1 aromatic rings. The van der Waals surface area contributed by atoms with E-state index in [0.29, 0.717) is 0 Å². The van der Waals surface area contributed by atoms with Gasteiger partial charge in [0.2, 0.25) is 0 Å². The fraction of sp³-hybridized carbons (Fsp3) is 0.625. The zero-order valence-electron chi connectivity index (χ0n) is 7.46. The van der Waals surface area contributed by atoms with Gasteiger partial charge in [-0.1, -0.05) is 0 Å². The molecule has 11 heavy (non-hydrogen) atoms. The van der Waals surface area contributed by atoms with Gasteiger partial charge in [0.1, 0.15) is 0 Å². The maximum absolute atomic E-state index is 11.3. The predicted molar refractivity (Wildman–Crippen MR) is 44.7 cm³/mol. The maximum atomic E-state index is 11.3. The number of aromatic nitrogens is 2. The van der Waals surface area contributed by atoms with Crippen LogP contribution in [0.2, 0.25) is 0 Å². The second-order valence-electron chi connectivity index (χ2n) is 3.73. The second-order valence-corrected chi connectivity index (χ2v) is 3.73. The van der Waals surface area contributed by atoms with Gasteiger partial charge in [-0.3, -0.25) is 4.57 Å².